The lowest BCUT2D eigenvalue weighted by Gasteiger charge is -2.19. The van der Waals surface area contributed by atoms with Crippen molar-refractivity contribution in [2.24, 2.45) is 0 Å². The fraction of sp³-hybridized carbons (Fsp3) is 0.357. The Morgan fingerprint density at radius 2 is 1.82 bits per heavy atom. The summed E-state index contributed by atoms with van der Waals surface area (Å²) in [6, 6.07) is 7.66. The van der Waals surface area contributed by atoms with E-state index in [1.54, 1.807) is 0 Å². The average Bonchev–Trinajstić information content (AvgIpc) is 2.48. The van der Waals surface area contributed by atoms with E-state index >= 15 is 0 Å². The lowest BCUT2D eigenvalue weighted by atomic mass is 9.85. The number of aromatic nitrogens is 1. The van der Waals surface area contributed by atoms with E-state index in [0.717, 1.165) is 22.2 Å². The van der Waals surface area contributed by atoms with Crippen LogP contribution in [0.25, 0.3) is 10.9 Å². The SMILES string of the molecule is Cc1c(C(C)(C)C)c2ccccc2n1C(=O)O. The lowest BCUT2D eigenvalue weighted by Crippen LogP contribution is -2.15. The molecule has 1 aromatic heterocycles. The second kappa shape index (κ2) is 3.62. The van der Waals surface area contributed by atoms with E-state index < -0.39 is 6.09 Å². The van der Waals surface area contributed by atoms with Crippen LogP contribution in [0.4, 0.5) is 4.79 Å². The van der Waals surface area contributed by atoms with Crippen LogP contribution in [0.2, 0.25) is 0 Å². The Labute approximate surface area is 101 Å². The van der Waals surface area contributed by atoms with Crippen molar-refractivity contribution in [3.05, 3.63) is 35.5 Å². The van der Waals surface area contributed by atoms with Gasteiger partial charge in [0.1, 0.15) is 0 Å². The summed E-state index contributed by atoms with van der Waals surface area (Å²) in [7, 11) is 0. The van der Waals surface area contributed by atoms with Gasteiger partial charge >= 0.3 is 6.09 Å². The number of hydrogen-bond acceptors (Lipinski definition) is 1. The first-order valence-electron chi connectivity index (χ1n) is 5.68. The summed E-state index contributed by atoms with van der Waals surface area (Å²) in [5, 5.41) is 10.3. The molecule has 1 heterocycles. The fourth-order valence-electron chi connectivity index (χ4n) is 2.56. The molecule has 3 heteroatoms. The van der Waals surface area contributed by atoms with Gasteiger partial charge in [-0.25, -0.2) is 9.36 Å². The minimum Gasteiger partial charge on any atom is -0.464 e. The molecule has 0 saturated heterocycles. The van der Waals surface area contributed by atoms with Gasteiger partial charge in [-0.15, -0.1) is 0 Å². The molecule has 3 nitrogen and oxygen atoms in total. The Balaban J connectivity index is 2.95. The molecule has 2 rings (SSSR count). The van der Waals surface area contributed by atoms with E-state index in [-0.39, 0.29) is 5.41 Å². The number of carbonyl (C=O) groups is 1. The van der Waals surface area contributed by atoms with Crippen LogP contribution in [-0.2, 0) is 5.41 Å². The average molecular weight is 231 g/mol. The van der Waals surface area contributed by atoms with Crippen LogP contribution < -0.4 is 0 Å². The number of fused-ring (bicyclic) bond motifs is 1. The first kappa shape index (κ1) is 11.7. The van der Waals surface area contributed by atoms with Crippen molar-refractivity contribution in [3.63, 3.8) is 0 Å². The molecule has 1 N–H and O–H groups in total. The number of rotatable bonds is 0. The third-order valence-corrected chi connectivity index (χ3v) is 3.05. The molecule has 1 aromatic carbocycles. The maximum atomic E-state index is 11.3. The second-order valence-corrected chi connectivity index (χ2v) is 5.35. The second-order valence-electron chi connectivity index (χ2n) is 5.35. The van der Waals surface area contributed by atoms with Gasteiger partial charge in [-0.2, -0.15) is 0 Å². The molecular weight excluding hydrogens is 214 g/mol. The number of nitrogens with zero attached hydrogens (tertiary/aromatic N) is 1. The predicted octanol–water partition coefficient (Wildman–Crippen LogP) is 3.77. The first-order valence-corrected chi connectivity index (χ1v) is 5.68. The molecule has 2 aromatic rings. The largest absolute Gasteiger partial charge is 0.464 e. The zero-order valence-corrected chi connectivity index (χ0v) is 10.6. The molecule has 0 bridgehead atoms. The van der Waals surface area contributed by atoms with Crippen LogP contribution in [0.5, 0.6) is 0 Å². The van der Waals surface area contributed by atoms with E-state index in [4.69, 9.17) is 0 Å². The quantitative estimate of drug-likeness (QED) is 0.749. The summed E-state index contributed by atoms with van der Waals surface area (Å²) in [5.41, 5.74) is 2.62. The van der Waals surface area contributed by atoms with Gasteiger partial charge in [0.05, 0.1) is 5.52 Å². The zero-order chi connectivity index (χ0) is 12.8. The van der Waals surface area contributed by atoms with Gasteiger partial charge < -0.3 is 5.11 Å². The summed E-state index contributed by atoms with van der Waals surface area (Å²) in [4.78, 5) is 11.3. The molecular formula is C14H17NO2. The van der Waals surface area contributed by atoms with Gasteiger partial charge in [0.2, 0.25) is 0 Å². The van der Waals surface area contributed by atoms with Crippen LogP contribution in [0.3, 0.4) is 0 Å². The number of para-hydroxylation sites is 1. The highest BCUT2D eigenvalue weighted by molar-refractivity contribution is 5.93. The summed E-state index contributed by atoms with van der Waals surface area (Å²) in [5.74, 6) is 0. The van der Waals surface area contributed by atoms with Crippen LogP contribution in [0.1, 0.15) is 32.0 Å². The van der Waals surface area contributed by atoms with Crippen LogP contribution in [0.15, 0.2) is 24.3 Å². The molecule has 17 heavy (non-hydrogen) atoms. The van der Waals surface area contributed by atoms with Crippen molar-refractivity contribution in [1.29, 1.82) is 0 Å². The van der Waals surface area contributed by atoms with E-state index in [1.165, 1.54) is 4.57 Å². The summed E-state index contributed by atoms with van der Waals surface area (Å²) < 4.78 is 1.37. The third-order valence-electron chi connectivity index (χ3n) is 3.05. The monoisotopic (exact) mass is 231 g/mol. The lowest BCUT2D eigenvalue weighted by molar-refractivity contribution is 0.197. The number of carboxylic acid groups (broad SMARTS) is 1. The van der Waals surface area contributed by atoms with Crippen LogP contribution in [-0.4, -0.2) is 15.8 Å². The Morgan fingerprint density at radius 1 is 1.24 bits per heavy atom. The summed E-state index contributed by atoms with van der Waals surface area (Å²) in [6.45, 7) is 8.19. The first-order chi connectivity index (χ1) is 7.84. The fourth-order valence-corrected chi connectivity index (χ4v) is 2.56. The highest BCUT2D eigenvalue weighted by atomic mass is 16.4. The number of benzene rings is 1. The van der Waals surface area contributed by atoms with Crippen LogP contribution >= 0.6 is 0 Å². The molecule has 0 aliphatic carbocycles. The molecule has 0 unspecified atom stereocenters. The maximum absolute atomic E-state index is 11.3. The van der Waals surface area contributed by atoms with E-state index in [1.807, 2.05) is 31.2 Å². The van der Waals surface area contributed by atoms with Crippen molar-refractivity contribution in [2.45, 2.75) is 33.1 Å². The van der Waals surface area contributed by atoms with E-state index in [0.29, 0.717) is 0 Å². The molecule has 0 spiro atoms. The highest BCUT2D eigenvalue weighted by Crippen LogP contribution is 2.34. The van der Waals surface area contributed by atoms with Crippen molar-refractivity contribution in [2.75, 3.05) is 0 Å². The van der Waals surface area contributed by atoms with Gasteiger partial charge in [0, 0.05) is 11.1 Å². The van der Waals surface area contributed by atoms with Gasteiger partial charge in [-0.05, 0) is 24.0 Å². The van der Waals surface area contributed by atoms with Crippen molar-refractivity contribution >= 4 is 17.0 Å². The Kier molecular flexibility index (Phi) is 2.49. The molecule has 90 valence electrons. The van der Waals surface area contributed by atoms with Crippen molar-refractivity contribution < 1.29 is 9.90 Å². The van der Waals surface area contributed by atoms with Gasteiger partial charge in [-0.3, -0.25) is 0 Å². The molecule has 0 atom stereocenters. The molecule has 0 fully saturated rings. The molecule has 0 aliphatic rings. The Morgan fingerprint density at radius 3 is 2.35 bits per heavy atom. The van der Waals surface area contributed by atoms with Crippen LogP contribution in [0, 0.1) is 6.92 Å². The van der Waals surface area contributed by atoms with Gasteiger partial charge in [0.15, 0.2) is 0 Å². The molecule has 0 amide bonds. The maximum Gasteiger partial charge on any atom is 0.416 e. The topological polar surface area (TPSA) is 42.2 Å². The predicted molar refractivity (Wildman–Crippen MR) is 68.8 cm³/mol. The Hall–Kier alpha value is -1.77. The summed E-state index contributed by atoms with van der Waals surface area (Å²) >= 11 is 0. The van der Waals surface area contributed by atoms with Crippen molar-refractivity contribution in [3.8, 4) is 0 Å². The Bertz CT molecular complexity index is 588. The van der Waals surface area contributed by atoms with Gasteiger partial charge in [0.25, 0.3) is 0 Å². The zero-order valence-electron chi connectivity index (χ0n) is 10.6. The molecule has 0 aliphatic heterocycles. The third kappa shape index (κ3) is 1.71. The smallest absolute Gasteiger partial charge is 0.416 e. The normalized spacial score (nSPS) is 12.0. The minimum absolute atomic E-state index is 0.0651. The van der Waals surface area contributed by atoms with E-state index in [2.05, 4.69) is 20.8 Å². The van der Waals surface area contributed by atoms with Gasteiger partial charge in [-0.1, -0.05) is 39.0 Å². The summed E-state index contributed by atoms with van der Waals surface area (Å²) in [6.07, 6.45) is -0.922. The van der Waals surface area contributed by atoms with E-state index in [9.17, 15) is 9.90 Å². The standard InChI is InChI=1S/C14H17NO2/c1-9-12(14(2,3)4)10-7-5-6-8-11(10)15(9)13(16)17/h5-8H,1-4H3,(H,16,17). The molecule has 0 saturated carbocycles. The van der Waals surface area contributed by atoms with Crippen molar-refractivity contribution in [1.82, 2.24) is 4.57 Å². The highest BCUT2D eigenvalue weighted by Gasteiger charge is 2.25. The minimum atomic E-state index is -0.922. The number of hydrogen-bond donors (Lipinski definition) is 1. The molecule has 0 radical (unpaired) electrons.